The zero-order valence-electron chi connectivity index (χ0n) is 21.1. The summed E-state index contributed by atoms with van der Waals surface area (Å²) in [7, 11) is 0. The fraction of sp³-hybridized carbons (Fsp3) is 0.286. The van der Waals surface area contributed by atoms with Crippen LogP contribution < -0.4 is 10.6 Å². The van der Waals surface area contributed by atoms with E-state index in [0.29, 0.717) is 27.7 Å². The number of benzene rings is 2. The SMILES string of the molecule is CC(I)c1cccc(CC(=O)Nc2ccc(CCCCc3nnc(NC(=O)Cc4ccccc4)s3)nn2)c1. The minimum absolute atomic E-state index is 0.0999. The number of rotatable bonds is 12. The zero-order valence-corrected chi connectivity index (χ0v) is 24.0. The van der Waals surface area contributed by atoms with Crippen molar-refractivity contribution in [1.29, 1.82) is 0 Å². The van der Waals surface area contributed by atoms with E-state index in [4.69, 9.17) is 0 Å². The van der Waals surface area contributed by atoms with Crippen LogP contribution in [0.1, 0.15) is 51.1 Å². The Balaban J connectivity index is 1.15. The van der Waals surface area contributed by atoms with Crippen LogP contribution in [0.3, 0.4) is 0 Å². The van der Waals surface area contributed by atoms with Crippen LogP contribution in [0.4, 0.5) is 10.9 Å². The van der Waals surface area contributed by atoms with Crippen molar-refractivity contribution in [3.63, 3.8) is 0 Å². The molecule has 4 aromatic rings. The predicted molar refractivity (Wildman–Crippen MR) is 159 cm³/mol. The normalized spacial score (nSPS) is 11.6. The van der Waals surface area contributed by atoms with Crippen molar-refractivity contribution in [2.24, 2.45) is 0 Å². The van der Waals surface area contributed by atoms with Gasteiger partial charge in [-0.25, -0.2) is 0 Å². The van der Waals surface area contributed by atoms with Crippen molar-refractivity contribution in [3.8, 4) is 0 Å². The lowest BCUT2D eigenvalue weighted by molar-refractivity contribution is -0.116. The van der Waals surface area contributed by atoms with E-state index in [0.717, 1.165) is 47.5 Å². The van der Waals surface area contributed by atoms with Crippen molar-refractivity contribution < 1.29 is 9.59 Å². The smallest absolute Gasteiger partial charge is 0.230 e. The maximum atomic E-state index is 12.4. The first kappa shape index (κ1) is 27.8. The standard InChI is InChI=1S/C28H29IN6O2S/c1-19(29)22-11-7-10-21(16-22)18-25(36)30-24-15-14-23(32-33-24)12-5-6-13-27-34-35-28(38-27)31-26(37)17-20-8-3-2-4-9-20/h2-4,7-11,14-16,19H,5-6,12-13,17-18H2,1H3,(H,30,33,36)(H,31,35,37). The largest absolute Gasteiger partial charge is 0.309 e. The molecule has 196 valence electrons. The van der Waals surface area contributed by atoms with Crippen LogP contribution in [0.5, 0.6) is 0 Å². The van der Waals surface area contributed by atoms with Gasteiger partial charge in [0.1, 0.15) is 5.01 Å². The van der Waals surface area contributed by atoms with E-state index in [-0.39, 0.29) is 11.8 Å². The molecule has 0 aliphatic rings. The van der Waals surface area contributed by atoms with Crippen molar-refractivity contribution in [2.75, 3.05) is 10.6 Å². The van der Waals surface area contributed by atoms with Gasteiger partial charge in [-0.15, -0.1) is 15.3 Å². The van der Waals surface area contributed by atoms with Gasteiger partial charge in [0.05, 0.1) is 18.5 Å². The number of anilines is 2. The monoisotopic (exact) mass is 640 g/mol. The van der Waals surface area contributed by atoms with Crippen LogP contribution in [0.25, 0.3) is 0 Å². The first-order valence-corrected chi connectivity index (χ1v) is 14.5. The zero-order chi connectivity index (χ0) is 26.7. The van der Waals surface area contributed by atoms with Crippen molar-refractivity contribution in [3.05, 3.63) is 94.1 Å². The molecule has 2 heterocycles. The van der Waals surface area contributed by atoms with Gasteiger partial charge in [-0.2, -0.15) is 5.10 Å². The summed E-state index contributed by atoms with van der Waals surface area (Å²) in [5.74, 6) is 0.239. The quantitative estimate of drug-likeness (QED) is 0.116. The molecule has 1 unspecified atom stereocenters. The summed E-state index contributed by atoms with van der Waals surface area (Å²) in [4.78, 5) is 24.6. The number of carbonyl (C=O) groups excluding carboxylic acids is 2. The van der Waals surface area contributed by atoms with E-state index >= 15 is 0 Å². The highest BCUT2D eigenvalue weighted by Gasteiger charge is 2.10. The number of aromatic nitrogens is 4. The second-order valence-corrected chi connectivity index (χ2v) is 11.8. The fourth-order valence-electron chi connectivity index (χ4n) is 3.82. The van der Waals surface area contributed by atoms with E-state index < -0.39 is 0 Å². The third-order valence-corrected chi connectivity index (χ3v) is 7.37. The molecule has 4 rings (SSSR count). The highest BCUT2D eigenvalue weighted by molar-refractivity contribution is 14.1. The third kappa shape index (κ3) is 8.95. The van der Waals surface area contributed by atoms with E-state index in [1.54, 1.807) is 6.07 Å². The number of unbranched alkanes of at least 4 members (excludes halogenated alkanes) is 1. The molecular weight excluding hydrogens is 611 g/mol. The third-order valence-electron chi connectivity index (χ3n) is 5.76. The molecule has 38 heavy (non-hydrogen) atoms. The average Bonchev–Trinajstić information content (AvgIpc) is 3.35. The number of aryl methyl sites for hydroxylation is 2. The number of alkyl halides is 1. The summed E-state index contributed by atoms with van der Waals surface area (Å²) in [6.07, 6.45) is 4.01. The summed E-state index contributed by atoms with van der Waals surface area (Å²) in [6, 6.07) is 21.4. The number of hydrogen-bond acceptors (Lipinski definition) is 7. The Labute approximate surface area is 239 Å². The maximum Gasteiger partial charge on any atom is 0.230 e. The molecule has 0 aliphatic heterocycles. The van der Waals surface area contributed by atoms with E-state index in [1.807, 2.05) is 48.5 Å². The molecule has 2 amide bonds. The molecule has 2 N–H and O–H groups in total. The van der Waals surface area contributed by atoms with Crippen LogP contribution in [0.15, 0.2) is 66.7 Å². The highest BCUT2D eigenvalue weighted by atomic mass is 127. The lowest BCUT2D eigenvalue weighted by Gasteiger charge is -2.08. The molecule has 1 atom stereocenters. The number of hydrogen-bond donors (Lipinski definition) is 2. The van der Waals surface area contributed by atoms with Gasteiger partial charge in [0.15, 0.2) is 5.82 Å². The number of carbonyl (C=O) groups is 2. The van der Waals surface area contributed by atoms with Gasteiger partial charge in [0, 0.05) is 10.3 Å². The Kier molecular flexibility index (Phi) is 10.3. The van der Waals surface area contributed by atoms with Crippen LogP contribution in [-0.2, 0) is 35.3 Å². The average molecular weight is 641 g/mol. The van der Waals surface area contributed by atoms with Gasteiger partial charge in [-0.3, -0.25) is 9.59 Å². The van der Waals surface area contributed by atoms with Crippen molar-refractivity contribution >= 4 is 56.7 Å². The summed E-state index contributed by atoms with van der Waals surface area (Å²) >= 11 is 3.77. The fourth-order valence-corrected chi connectivity index (χ4v) is 5.00. The van der Waals surface area contributed by atoms with Crippen LogP contribution in [0.2, 0.25) is 0 Å². The van der Waals surface area contributed by atoms with E-state index in [9.17, 15) is 9.59 Å². The van der Waals surface area contributed by atoms with Crippen molar-refractivity contribution in [2.45, 2.75) is 49.4 Å². The predicted octanol–water partition coefficient (Wildman–Crippen LogP) is 5.75. The molecule has 0 fully saturated rings. The van der Waals surface area contributed by atoms with Gasteiger partial charge in [-0.05, 0) is 55.0 Å². The number of halogens is 1. The molecule has 2 aromatic heterocycles. The summed E-state index contributed by atoms with van der Waals surface area (Å²) in [5, 5.41) is 23.8. The lowest BCUT2D eigenvalue weighted by atomic mass is 10.1. The molecular formula is C28H29IN6O2S. The minimum atomic E-state index is -0.113. The Hall–Kier alpha value is -3.25. The van der Waals surface area contributed by atoms with Crippen LogP contribution in [0, 0.1) is 0 Å². The molecule has 0 radical (unpaired) electrons. The topological polar surface area (TPSA) is 110 Å². The molecule has 0 spiro atoms. The molecule has 0 saturated heterocycles. The Bertz CT molecular complexity index is 1340. The summed E-state index contributed by atoms with van der Waals surface area (Å²) < 4.78 is 0.391. The Morgan fingerprint density at radius 2 is 1.55 bits per heavy atom. The molecule has 10 heteroatoms. The van der Waals surface area contributed by atoms with Crippen LogP contribution in [-0.4, -0.2) is 32.2 Å². The Morgan fingerprint density at radius 3 is 2.32 bits per heavy atom. The molecule has 0 aliphatic carbocycles. The highest BCUT2D eigenvalue weighted by Crippen LogP contribution is 2.23. The first-order valence-electron chi connectivity index (χ1n) is 12.5. The summed E-state index contributed by atoms with van der Waals surface area (Å²) in [6.45, 7) is 2.12. The van der Waals surface area contributed by atoms with Gasteiger partial charge < -0.3 is 10.6 Å². The number of amides is 2. The minimum Gasteiger partial charge on any atom is -0.309 e. The molecule has 8 nitrogen and oxygen atoms in total. The summed E-state index contributed by atoms with van der Waals surface area (Å²) in [5.41, 5.74) is 4.01. The van der Waals surface area contributed by atoms with Gasteiger partial charge >= 0.3 is 0 Å². The number of nitrogens with one attached hydrogen (secondary N) is 2. The van der Waals surface area contributed by atoms with Gasteiger partial charge in [-0.1, -0.05) is 88.5 Å². The molecule has 0 bridgehead atoms. The Morgan fingerprint density at radius 1 is 0.816 bits per heavy atom. The second-order valence-electron chi connectivity index (χ2n) is 8.91. The van der Waals surface area contributed by atoms with Crippen LogP contribution >= 0.6 is 33.9 Å². The molecule has 2 aromatic carbocycles. The maximum absolute atomic E-state index is 12.4. The lowest BCUT2D eigenvalue weighted by Crippen LogP contribution is -2.16. The van der Waals surface area contributed by atoms with Gasteiger partial charge in [0.2, 0.25) is 16.9 Å². The van der Waals surface area contributed by atoms with Gasteiger partial charge in [0.25, 0.3) is 0 Å². The molecule has 0 saturated carbocycles. The number of nitrogens with zero attached hydrogens (tertiary/aromatic N) is 4. The van der Waals surface area contributed by atoms with Crippen molar-refractivity contribution in [1.82, 2.24) is 20.4 Å². The second kappa shape index (κ2) is 14.1. The first-order chi connectivity index (χ1) is 18.4. The van der Waals surface area contributed by atoms with E-state index in [2.05, 4.69) is 72.7 Å². The van der Waals surface area contributed by atoms with E-state index in [1.165, 1.54) is 16.9 Å².